The third-order valence-electron chi connectivity index (χ3n) is 2.44. The number of rotatable bonds is 4. The molecule has 20 heavy (non-hydrogen) atoms. The summed E-state index contributed by atoms with van der Waals surface area (Å²) < 4.78 is 14.0. The van der Waals surface area contributed by atoms with Crippen LogP contribution in [0.4, 0.5) is 16.3 Å². The van der Waals surface area contributed by atoms with Gasteiger partial charge in [0.15, 0.2) is 0 Å². The normalized spacial score (nSPS) is 10.4. The SMILES string of the molecule is CN(C)c1nc(Cl)nc(NCc2cc(F)ccc2Br)n1. The fourth-order valence-electron chi connectivity index (χ4n) is 1.47. The first-order valence-corrected chi connectivity index (χ1v) is 6.89. The maximum Gasteiger partial charge on any atom is 0.230 e. The van der Waals surface area contributed by atoms with Crippen LogP contribution in [0.2, 0.25) is 5.28 Å². The Hall–Kier alpha value is -1.47. The third-order valence-corrected chi connectivity index (χ3v) is 3.38. The monoisotopic (exact) mass is 359 g/mol. The molecule has 0 radical (unpaired) electrons. The van der Waals surface area contributed by atoms with E-state index in [2.05, 4.69) is 36.2 Å². The molecule has 0 unspecified atom stereocenters. The summed E-state index contributed by atoms with van der Waals surface area (Å²) in [4.78, 5) is 13.9. The first-order valence-electron chi connectivity index (χ1n) is 5.72. The van der Waals surface area contributed by atoms with Gasteiger partial charge in [-0.3, -0.25) is 0 Å². The van der Waals surface area contributed by atoms with Crippen molar-refractivity contribution in [2.45, 2.75) is 6.54 Å². The summed E-state index contributed by atoms with van der Waals surface area (Å²) in [5.41, 5.74) is 0.757. The molecular formula is C12H12BrClFN5. The van der Waals surface area contributed by atoms with Crippen molar-refractivity contribution in [2.75, 3.05) is 24.3 Å². The van der Waals surface area contributed by atoms with Gasteiger partial charge in [-0.1, -0.05) is 15.9 Å². The molecule has 0 saturated heterocycles. The molecule has 106 valence electrons. The van der Waals surface area contributed by atoms with Gasteiger partial charge < -0.3 is 10.2 Å². The number of hydrogen-bond donors (Lipinski definition) is 1. The zero-order valence-electron chi connectivity index (χ0n) is 10.9. The van der Waals surface area contributed by atoms with Gasteiger partial charge in [-0.25, -0.2) is 4.39 Å². The Kier molecular flexibility index (Phi) is 4.72. The van der Waals surface area contributed by atoms with E-state index < -0.39 is 0 Å². The Labute approximate surface area is 129 Å². The highest BCUT2D eigenvalue weighted by molar-refractivity contribution is 9.10. The van der Waals surface area contributed by atoms with E-state index in [0.29, 0.717) is 18.4 Å². The van der Waals surface area contributed by atoms with E-state index >= 15 is 0 Å². The molecule has 1 heterocycles. The summed E-state index contributed by atoms with van der Waals surface area (Å²) in [6.07, 6.45) is 0. The highest BCUT2D eigenvalue weighted by Crippen LogP contribution is 2.19. The lowest BCUT2D eigenvalue weighted by atomic mass is 10.2. The predicted molar refractivity (Wildman–Crippen MR) is 80.6 cm³/mol. The average molecular weight is 361 g/mol. The number of hydrogen-bond acceptors (Lipinski definition) is 5. The van der Waals surface area contributed by atoms with Gasteiger partial charge in [0.2, 0.25) is 17.2 Å². The molecule has 2 aromatic rings. The first-order chi connectivity index (χ1) is 9.45. The van der Waals surface area contributed by atoms with E-state index in [1.54, 1.807) is 25.1 Å². The van der Waals surface area contributed by atoms with Crippen molar-refractivity contribution in [1.29, 1.82) is 0 Å². The summed E-state index contributed by atoms with van der Waals surface area (Å²) in [5, 5.41) is 3.10. The van der Waals surface area contributed by atoms with Crippen molar-refractivity contribution in [3.05, 3.63) is 39.3 Å². The Morgan fingerprint density at radius 2 is 2.05 bits per heavy atom. The van der Waals surface area contributed by atoms with Crippen LogP contribution in [0.15, 0.2) is 22.7 Å². The lowest BCUT2D eigenvalue weighted by molar-refractivity contribution is 0.625. The van der Waals surface area contributed by atoms with Crippen LogP contribution in [-0.2, 0) is 6.54 Å². The van der Waals surface area contributed by atoms with Crippen LogP contribution < -0.4 is 10.2 Å². The molecule has 8 heteroatoms. The molecular weight excluding hydrogens is 349 g/mol. The van der Waals surface area contributed by atoms with Crippen molar-refractivity contribution in [2.24, 2.45) is 0 Å². The highest BCUT2D eigenvalue weighted by atomic mass is 79.9. The van der Waals surface area contributed by atoms with Crippen LogP contribution in [0.3, 0.4) is 0 Å². The number of aromatic nitrogens is 3. The standard InChI is InChI=1S/C12H12BrClFN5/c1-20(2)12-18-10(14)17-11(19-12)16-6-7-5-8(15)3-4-9(7)13/h3-5H,6H2,1-2H3,(H,16,17,18,19). The predicted octanol–water partition coefficient (Wildman–Crippen LogP) is 3.10. The third kappa shape index (κ3) is 3.77. The number of anilines is 2. The number of halogens is 3. The topological polar surface area (TPSA) is 53.9 Å². The van der Waals surface area contributed by atoms with Crippen molar-refractivity contribution in [1.82, 2.24) is 15.0 Å². The number of benzene rings is 1. The zero-order chi connectivity index (χ0) is 14.7. The molecule has 0 bridgehead atoms. The Balaban J connectivity index is 2.16. The van der Waals surface area contributed by atoms with Gasteiger partial charge in [-0.15, -0.1) is 0 Å². The lowest BCUT2D eigenvalue weighted by Crippen LogP contribution is -2.15. The molecule has 0 aliphatic carbocycles. The summed E-state index contributed by atoms with van der Waals surface area (Å²) in [6, 6.07) is 4.47. The van der Waals surface area contributed by atoms with E-state index in [0.717, 1.165) is 10.0 Å². The molecule has 1 aromatic heterocycles. The second-order valence-corrected chi connectivity index (χ2v) is 5.40. The average Bonchev–Trinajstić information content (AvgIpc) is 2.39. The van der Waals surface area contributed by atoms with E-state index in [1.807, 2.05) is 0 Å². The number of nitrogens with one attached hydrogen (secondary N) is 1. The summed E-state index contributed by atoms with van der Waals surface area (Å²) >= 11 is 9.20. The molecule has 0 fully saturated rings. The van der Waals surface area contributed by atoms with Crippen LogP contribution in [0.1, 0.15) is 5.56 Å². The minimum Gasteiger partial charge on any atom is -0.350 e. The van der Waals surface area contributed by atoms with Gasteiger partial charge >= 0.3 is 0 Å². The Morgan fingerprint density at radius 1 is 1.30 bits per heavy atom. The van der Waals surface area contributed by atoms with E-state index in [1.165, 1.54) is 12.1 Å². The van der Waals surface area contributed by atoms with Gasteiger partial charge in [-0.2, -0.15) is 15.0 Å². The molecule has 0 atom stereocenters. The van der Waals surface area contributed by atoms with Crippen molar-refractivity contribution >= 4 is 39.4 Å². The molecule has 0 saturated carbocycles. The van der Waals surface area contributed by atoms with Gasteiger partial charge in [0.1, 0.15) is 5.82 Å². The maximum atomic E-state index is 13.2. The van der Waals surface area contributed by atoms with E-state index in [9.17, 15) is 4.39 Å². The summed E-state index contributed by atoms with van der Waals surface area (Å²) in [5.74, 6) is 0.489. The fraction of sp³-hybridized carbons (Fsp3) is 0.250. The zero-order valence-corrected chi connectivity index (χ0v) is 13.2. The largest absolute Gasteiger partial charge is 0.350 e. The van der Waals surface area contributed by atoms with Crippen molar-refractivity contribution in [3.63, 3.8) is 0 Å². The van der Waals surface area contributed by atoms with Gasteiger partial charge in [0, 0.05) is 25.1 Å². The smallest absolute Gasteiger partial charge is 0.230 e. The Morgan fingerprint density at radius 3 is 2.75 bits per heavy atom. The van der Waals surface area contributed by atoms with Gasteiger partial charge in [-0.05, 0) is 35.4 Å². The second-order valence-electron chi connectivity index (χ2n) is 4.21. The van der Waals surface area contributed by atoms with Crippen molar-refractivity contribution < 1.29 is 4.39 Å². The maximum absolute atomic E-state index is 13.2. The highest BCUT2D eigenvalue weighted by Gasteiger charge is 2.08. The molecule has 2 rings (SSSR count). The second kappa shape index (κ2) is 6.32. The Bertz CT molecular complexity index is 623. The number of nitrogens with zero attached hydrogens (tertiary/aromatic N) is 4. The first kappa shape index (κ1) is 14.9. The van der Waals surface area contributed by atoms with E-state index in [4.69, 9.17) is 11.6 Å². The lowest BCUT2D eigenvalue weighted by Gasteiger charge is -2.12. The van der Waals surface area contributed by atoms with E-state index in [-0.39, 0.29) is 11.1 Å². The fourth-order valence-corrected chi connectivity index (χ4v) is 2.01. The summed E-state index contributed by atoms with van der Waals surface area (Å²) in [7, 11) is 3.61. The molecule has 0 aliphatic rings. The van der Waals surface area contributed by atoms with Crippen LogP contribution in [-0.4, -0.2) is 29.0 Å². The summed E-state index contributed by atoms with van der Waals surface area (Å²) in [6.45, 7) is 0.367. The van der Waals surface area contributed by atoms with Crippen LogP contribution in [0, 0.1) is 5.82 Å². The molecule has 0 aliphatic heterocycles. The minimum absolute atomic E-state index is 0.101. The van der Waals surface area contributed by atoms with Crippen molar-refractivity contribution in [3.8, 4) is 0 Å². The minimum atomic E-state index is -0.298. The molecule has 1 N–H and O–H groups in total. The van der Waals surface area contributed by atoms with Gasteiger partial charge in [0.25, 0.3) is 0 Å². The molecule has 1 aromatic carbocycles. The molecule has 0 amide bonds. The van der Waals surface area contributed by atoms with Crippen LogP contribution >= 0.6 is 27.5 Å². The van der Waals surface area contributed by atoms with Crippen LogP contribution in [0.25, 0.3) is 0 Å². The van der Waals surface area contributed by atoms with Crippen LogP contribution in [0.5, 0.6) is 0 Å². The molecule has 5 nitrogen and oxygen atoms in total. The van der Waals surface area contributed by atoms with Gasteiger partial charge in [0.05, 0.1) is 0 Å². The quantitative estimate of drug-likeness (QED) is 0.908. The molecule has 0 spiro atoms.